The van der Waals surface area contributed by atoms with Gasteiger partial charge in [-0.25, -0.2) is 0 Å². The van der Waals surface area contributed by atoms with Gasteiger partial charge in [0.2, 0.25) is 0 Å². The van der Waals surface area contributed by atoms with E-state index in [1.165, 1.54) is 73.6 Å². The Kier molecular flexibility index (Phi) is 9.70. The molecule has 1 saturated carbocycles. The zero-order valence-corrected chi connectivity index (χ0v) is 19.1. The van der Waals surface area contributed by atoms with Gasteiger partial charge < -0.3 is 4.74 Å². The summed E-state index contributed by atoms with van der Waals surface area (Å²) in [6.45, 7) is 6.03. The van der Waals surface area contributed by atoms with Crippen molar-refractivity contribution in [2.75, 3.05) is 6.61 Å². The zero-order chi connectivity index (χ0) is 21.0. The summed E-state index contributed by atoms with van der Waals surface area (Å²) in [5.74, 6) is 1.65. The van der Waals surface area contributed by atoms with E-state index in [1.807, 2.05) is 0 Å². The maximum absolute atomic E-state index is 5.78. The smallest absolute Gasteiger partial charge is 0.0716 e. The number of ether oxygens (including phenoxy) is 1. The molecule has 1 aliphatic rings. The molecule has 0 unspecified atom stereocenters. The normalized spacial score (nSPS) is 19.4. The topological polar surface area (TPSA) is 9.23 Å². The van der Waals surface area contributed by atoms with E-state index in [-0.39, 0.29) is 0 Å². The molecule has 1 fully saturated rings. The summed E-state index contributed by atoms with van der Waals surface area (Å²) in [5, 5.41) is 0. The number of allylic oxidation sites excluding steroid dienone is 2. The van der Waals surface area contributed by atoms with E-state index in [1.54, 1.807) is 0 Å². The van der Waals surface area contributed by atoms with Crippen LogP contribution in [0.1, 0.15) is 88.7 Å². The van der Waals surface area contributed by atoms with Gasteiger partial charge in [-0.3, -0.25) is 0 Å². The van der Waals surface area contributed by atoms with Crippen LogP contribution in [0, 0.1) is 5.92 Å². The van der Waals surface area contributed by atoms with Crippen LogP contribution in [0.25, 0.3) is 11.1 Å². The molecule has 0 bridgehead atoms. The molecule has 0 atom stereocenters. The minimum Gasteiger partial charge on any atom is -0.377 e. The summed E-state index contributed by atoms with van der Waals surface area (Å²) in [6, 6.07) is 18.2. The lowest BCUT2D eigenvalue weighted by Gasteiger charge is -2.28. The predicted octanol–water partition coefficient (Wildman–Crippen LogP) is 8.69. The molecular weight excluding hydrogens is 364 g/mol. The van der Waals surface area contributed by atoms with Gasteiger partial charge in [-0.05, 0) is 79.0 Å². The summed E-state index contributed by atoms with van der Waals surface area (Å²) in [6.07, 6.45) is 16.3. The Balaban J connectivity index is 1.48. The third-order valence-corrected chi connectivity index (χ3v) is 6.55. The molecule has 0 heterocycles. The van der Waals surface area contributed by atoms with E-state index in [2.05, 4.69) is 74.5 Å². The van der Waals surface area contributed by atoms with Gasteiger partial charge in [0.1, 0.15) is 0 Å². The summed E-state index contributed by atoms with van der Waals surface area (Å²) < 4.78 is 5.78. The highest BCUT2D eigenvalue weighted by atomic mass is 16.5. The van der Waals surface area contributed by atoms with Crippen LogP contribution in [0.4, 0.5) is 0 Å². The standard InChI is InChI=1S/C29H40O/c1-3-5-7-9-24-10-14-26(15-11-24)28-18-20-29(21-19-28)27-16-12-25(13-17-27)23-30-22-8-6-4-2/h5,7,12-13,16-21,24,26H,3-4,6,8-11,14-15,22-23H2,1-2H3/b7-5+/t24-,26-. The second-order valence-corrected chi connectivity index (χ2v) is 8.91. The molecule has 0 aliphatic heterocycles. The molecule has 0 amide bonds. The fourth-order valence-electron chi connectivity index (χ4n) is 4.57. The third-order valence-electron chi connectivity index (χ3n) is 6.55. The van der Waals surface area contributed by atoms with Crippen LogP contribution in [0.3, 0.4) is 0 Å². The van der Waals surface area contributed by atoms with E-state index in [4.69, 9.17) is 4.74 Å². The van der Waals surface area contributed by atoms with Gasteiger partial charge in [0.15, 0.2) is 0 Å². The first-order chi connectivity index (χ1) is 14.8. The Hall–Kier alpha value is -1.86. The fourth-order valence-corrected chi connectivity index (χ4v) is 4.57. The number of hydrogen-bond donors (Lipinski definition) is 0. The molecule has 1 aliphatic carbocycles. The summed E-state index contributed by atoms with van der Waals surface area (Å²) in [7, 11) is 0. The van der Waals surface area contributed by atoms with Gasteiger partial charge in [-0.15, -0.1) is 0 Å². The second-order valence-electron chi connectivity index (χ2n) is 8.91. The minimum absolute atomic E-state index is 0.722. The van der Waals surface area contributed by atoms with Crippen LogP contribution < -0.4 is 0 Å². The number of unbranched alkanes of at least 4 members (excludes halogenated alkanes) is 2. The zero-order valence-electron chi connectivity index (χ0n) is 19.1. The van der Waals surface area contributed by atoms with Crippen molar-refractivity contribution in [1.82, 2.24) is 0 Å². The maximum atomic E-state index is 5.78. The molecule has 0 N–H and O–H groups in total. The van der Waals surface area contributed by atoms with E-state index >= 15 is 0 Å². The van der Waals surface area contributed by atoms with Crippen LogP contribution in [-0.4, -0.2) is 6.61 Å². The number of benzene rings is 2. The number of hydrogen-bond acceptors (Lipinski definition) is 1. The first kappa shape index (κ1) is 22.8. The van der Waals surface area contributed by atoms with Crippen LogP contribution >= 0.6 is 0 Å². The molecule has 162 valence electrons. The Morgan fingerprint density at radius 3 is 2.10 bits per heavy atom. The van der Waals surface area contributed by atoms with Crippen molar-refractivity contribution in [3.63, 3.8) is 0 Å². The lowest BCUT2D eigenvalue weighted by molar-refractivity contribution is 0.117. The molecule has 2 aromatic rings. The molecule has 1 nitrogen and oxygen atoms in total. The molecule has 1 heteroatoms. The van der Waals surface area contributed by atoms with Crippen molar-refractivity contribution in [1.29, 1.82) is 0 Å². The summed E-state index contributed by atoms with van der Waals surface area (Å²) >= 11 is 0. The highest BCUT2D eigenvalue weighted by Crippen LogP contribution is 2.37. The quantitative estimate of drug-likeness (QED) is 0.269. The van der Waals surface area contributed by atoms with Crippen molar-refractivity contribution in [3.05, 3.63) is 71.8 Å². The average Bonchev–Trinajstić information content (AvgIpc) is 2.80. The van der Waals surface area contributed by atoms with Crippen molar-refractivity contribution in [3.8, 4) is 11.1 Å². The van der Waals surface area contributed by atoms with Crippen molar-refractivity contribution in [2.24, 2.45) is 5.92 Å². The molecule has 0 spiro atoms. The van der Waals surface area contributed by atoms with Gasteiger partial charge in [0, 0.05) is 6.61 Å². The summed E-state index contributed by atoms with van der Waals surface area (Å²) in [5.41, 5.74) is 5.39. The Labute approximate surface area is 184 Å². The maximum Gasteiger partial charge on any atom is 0.0716 e. The van der Waals surface area contributed by atoms with Crippen molar-refractivity contribution < 1.29 is 4.74 Å². The van der Waals surface area contributed by atoms with Gasteiger partial charge in [0.05, 0.1) is 6.61 Å². The van der Waals surface area contributed by atoms with Crippen LogP contribution in [0.15, 0.2) is 60.7 Å². The van der Waals surface area contributed by atoms with Gasteiger partial charge in [0.25, 0.3) is 0 Å². The first-order valence-electron chi connectivity index (χ1n) is 12.2. The summed E-state index contributed by atoms with van der Waals surface area (Å²) in [4.78, 5) is 0. The molecule has 3 rings (SSSR count). The Morgan fingerprint density at radius 1 is 0.800 bits per heavy atom. The van der Waals surface area contributed by atoms with E-state index in [9.17, 15) is 0 Å². The molecular formula is C29H40O. The third kappa shape index (κ3) is 7.13. The molecule has 30 heavy (non-hydrogen) atoms. The number of rotatable bonds is 11. The van der Waals surface area contributed by atoms with Crippen LogP contribution in [0.5, 0.6) is 0 Å². The fraction of sp³-hybridized carbons (Fsp3) is 0.517. The highest BCUT2D eigenvalue weighted by molar-refractivity contribution is 5.64. The van der Waals surface area contributed by atoms with E-state index in [0.29, 0.717) is 0 Å². The monoisotopic (exact) mass is 404 g/mol. The predicted molar refractivity (Wildman–Crippen MR) is 130 cm³/mol. The largest absolute Gasteiger partial charge is 0.377 e. The van der Waals surface area contributed by atoms with Crippen molar-refractivity contribution in [2.45, 2.75) is 84.2 Å². The second kappa shape index (κ2) is 12.7. The van der Waals surface area contributed by atoms with Crippen molar-refractivity contribution >= 4 is 0 Å². The highest BCUT2D eigenvalue weighted by Gasteiger charge is 2.21. The minimum atomic E-state index is 0.722. The SMILES string of the molecule is CC/C=C/C[C@H]1CC[C@H](c2ccc(-c3ccc(COCCCCC)cc3)cc2)CC1. The molecule has 0 saturated heterocycles. The average molecular weight is 405 g/mol. The molecule has 2 aromatic carbocycles. The van der Waals surface area contributed by atoms with Crippen LogP contribution in [0.2, 0.25) is 0 Å². The lowest BCUT2D eigenvalue weighted by atomic mass is 9.77. The lowest BCUT2D eigenvalue weighted by Crippen LogP contribution is -2.12. The van der Waals surface area contributed by atoms with Crippen LogP contribution in [-0.2, 0) is 11.3 Å². The Morgan fingerprint density at radius 2 is 1.47 bits per heavy atom. The van der Waals surface area contributed by atoms with Gasteiger partial charge in [-0.1, -0.05) is 87.4 Å². The van der Waals surface area contributed by atoms with Gasteiger partial charge >= 0.3 is 0 Å². The van der Waals surface area contributed by atoms with E-state index in [0.717, 1.165) is 31.5 Å². The molecule has 0 aromatic heterocycles. The van der Waals surface area contributed by atoms with Gasteiger partial charge in [-0.2, -0.15) is 0 Å². The molecule has 0 radical (unpaired) electrons. The first-order valence-corrected chi connectivity index (χ1v) is 12.2. The Bertz CT molecular complexity index is 733. The van der Waals surface area contributed by atoms with E-state index < -0.39 is 0 Å².